The van der Waals surface area contributed by atoms with Crippen LogP contribution in [-0.2, 0) is 13.1 Å². The molecule has 1 heterocycles. The summed E-state index contributed by atoms with van der Waals surface area (Å²) in [7, 11) is 0. The Morgan fingerprint density at radius 3 is 2.67 bits per heavy atom. The standard InChI is InChI=1S/C18H23N3/c1-2-21(14-15-6-4-3-5-7-15)18-12-16(10-11-19-18)13-20-17-8-9-17/h3-7,10-12,17,20H,2,8-9,13-14H2,1H3. The molecule has 0 aliphatic heterocycles. The predicted octanol–water partition coefficient (Wildman–Crippen LogP) is 3.36. The van der Waals surface area contributed by atoms with Gasteiger partial charge in [0.2, 0.25) is 0 Å². The van der Waals surface area contributed by atoms with E-state index in [0.717, 1.165) is 31.5 Å². The van der Waals surface area contributed by atoms with E-state index >= 15 is 0 Å². The Kier molecular flexibility index (Phi) is 4.51. The lowest BCUT2D eigenvalue weighted by Crippen LogP contribution is -2.23. The molecule has 0 unspecified atom stereocenters. The van der Waals surface area contributed by atoms with E-state index in [2.05, 4.69) is 64.6 Å². The maximum atomic E-state index is 4.55. The molecule has 1 saturated carbocycles. The van der Waals surface area contributed by atoms with E-state index in [1.807, 2.05) is 6.20 Å². The Morgan fingerprint density at radius 2 is 1.95 bits per heavy atom. The number of benzene rings is 1. The summed E-state index contributed by atoms with van der Waals surface area (Å²) in [5.74, 6) is 1.07. The van der Waals surface area contributed by atoms with Gasteiger partial charge >= 0.3 is 0 Å². The molecule has 3 heteroatoms. The van der Waals surface area contributed by atoms with Gasteiger partial charge in [-0.05, 0) is 43.0 Å². The van der Waals surface area contributed by atoms with Crippen LogP contribution >= 0.6 is 0 Å². The zero-order valence-electron chi connectivity index (χ0n) is 12.6. The van der Waals surface area contributed by atoms with E-state index in [9.17, 15) is 0 Å². The van der Waals surface area contributed by atoms with Gasteiger partial charge in [-0.3, -0.25) is 0 Å². The van der Waals surface area contributed by atoms with Gasteiger partial charge in [-0.15, -0.1) is 0 Å². The van der Waals surface area contributed by atoms with Crippen LogP contribution in [-0.4, -0.2) is 17.6 Å². The van der Waals surface area contributed by atoms with E-state index < -0.39 is 0 Å². The number of aromatic nitrogens is 1. The van der Waals surface area contributed by atoms with Crippen LogP contribution in [0.25, 0.3) is 0 Å². The molecular weight excluding hydrogens is 258 g/mol. The molecule has 1 N–H and O–H groups in total. The summed E-state index contributed by atoms with van der Waals surface area (Å²) in [6, 6.07) is 15.6. The van der Waals surface area contributed by atoms with E-state index in [1.165, 1.54) is 24.0 Å². The molecular formula is C18H23N3. The second-order valence-corrected chi connectivity index (χ2v) is 5.68. The van der Waals surface area contributed by atoms with Gasteiger partial charge in [0, 0.05) is 31.9 Å². The van der Waals surface area contributed by atoms with Crippen molar-refractivity contribution in [2.45, 2.75) is 38.9 Å². The molecule has 0 radical (unpaired) electrons. The minimum absolute atomic E-state index is 0.744. The Hall–Kier alpha value is -1.87. The van der Waals surface area contributed by atoms with Gasteiger partial charge < -0.3 is 10.2 Å². The SMILES string of the molecule is CCN(Cc1ccccc1)c1cc(CNC2CC2)ccn1. The molecule has 1 aliphatic rings. The second kappa shape index (κ2) is 6.72. The van der Waals surface area contributed by atoms with Gasteiger partial charge in [0.05, 0.1) is 0 Å². The molecule has 110 valence electrons. The number of hydrogen-bond donors (Lipinski definition) is 1. The summed E-state index contributed by atoms with van der Waals surface area (Å²) in [5.41, 5.74) is 2.64. The van der Waals surface area contributed by atoms with Gasteiger partial charge in [-0.25, -0.2) is 4.98 Å². The first-order valence-corrected chi connectivity index (χ1v) is 7.82. The predicted molar refractivity (Wildman–Crippen MR) is 87.3 cm³/mol. The first-order valence-electron chi connectivity index (χ1n) is 7.82. The number of pyridine rings is 1. The fraction of sp³-hybridized carbons (Fsp3) is 0.389. The molecule has 0 amide bonds. The van der Waals surface area contributed by atoms with Crippen LogP contribution in [0, 0.1) is 0 Å². The fourth-order valence-corrected chi connectivity index (χ4v) is 2.45. The summed E-state index contributed by atoms with van der Waals surface area (Å²) in [4.78, 5) is 6.86. The van der Waals surface area contributed by atoms with Gasteiger partial charge in [0.25, 0.3) is 0 Å². The third kappa shape index (κ3) is 4.05. The third-order valence-electron chi connectivity index (χ3n) is 3.90. The van der Waals surface area contributed by atoms with Gasteiger partial charge in [-0.2, -0.15) is 0 Å². The first kappa shape index (κ1) is 14.1. The Balaban J connectivity index is 1.68. The van der Waals surface area contributed by atoms with E-state index in [-0.39, 0.29) is 0 Å². The highest BCUT2D eigenvalue weighted by Crippen LogP contribution is 2.20. The third-order valence-corrected chi connectivity index (χ3v) is 3.90. The topological polar surface area (TPSA) is 28.2 Å². The number of anilines is 1. The van der Waals surface area contributed by atoms with Crippen LogP contribution in [0.4, 0.5) is 5.82 Å². The Labute approximate surface area is 127 Å². The molecule has 21 heavy (non-hydrogen) atoms. The van der Waals surface area contributed by atoms with Crippen molar-refractivity contribution in [2.24, 2.45) is 0 Å². The monoisotopic (exact) mass is 281 g/mol. The number of hydrogen-bond acceptors (Lipinski definition) is 3. The van der Waals surface area contributed by atoms with E-state index in [1.54, 1.807) is 0 Å². The fourth-order valence-electron chi connectivity index (χ4n) is 2.45. The van der Waals surface area contributed by atoms with Gasteiger partial charge in [0.15, 0.2) is 0 Å². The van der Waals surface area contributed by atoms with Crippen molar-refractivity contribution in [3.8, 4) is 0 Å². The molecule has 1 aromatic carbocycles. The molecule has 0 atom stereocenters. The van der Waals surface area contributed by atoms with Crippen LogP contribution in [0.3, 0.4) is 0 Å². The van der Waals surface area contributed by atoms with Crippen molar-refractivity contribution >= 4 is 5.82 Å². The van der Waals surface area contributed by atoms with Gasteiger partial charge in [0.1, 0.15) is 5.82 Å². The first-order chi connectivity index (χ1) is 10.3. The Bertz CT molecular complexity index is 564. The highest BCUT2D eigenvalue weighted by Gasteiger charge is 2.20. The number of rotatable bonds is 7. The second-order valence-electron chi connectivity index (χ2n) is 5.68. The van der Waals surface area contributed by atoms with Crippen LogP contribution < -0.4 is 10.2 Å². The molecule has 2 aromatic rings. The summed E-state index contributed by atoms with van der Waals surface area (Å²) < 4.78 is 0. The molecule has 0 spiro atoms. The van der Waals surface area contributed by atoms with E-state index in [0.29, 0.717) is 0 Å². The normalized spacial score (nSPS) is 14.1. The van der Waals surface area contributed by atoms with Crippen molar-refractivity contribution in [1.29, 1.82) is 0 Å². The molecule has 3 rings (SSSR count). The molecule has 1 fully saturated rings. The summed E-state index contributed by atoms with van der Waals surface area (Å²) in [6.45, 7) is 4.99. The van der Waals surface area contributed by atoms with Crippen LogP contribution in [0.1, 0.15) is 30.9 Å². The minimum atomic E-state index is 0.744. The van der Waals surface area contributed by atoms with Crippen molar-refractivity contribution < 1.29 is 0 Å². The van der Waals surface area contributed by atoms with Gasteiger partial charge in [-0.1, -0.05) is 30.3 Å². The van der Waals surface area contributed by atoms with Crippen molar-refractivity contribution in [2.75, 3.05) is 11.4 Å². The van der Waals surface area contributed by atoms with Crippen LogP contribution in [0.5, 0.6) is 0 Å². The van der Waals surface area contributed by atoms with Crippen molar-refractivity contribution in [3.63, 3.8) is 0 Å². The minimum Gasteiger partial charge on any atom is -0.353 e. The van der Waals surface area contributed by atoms with Crippen molar-refractivity contribution in [1.82, 2.24) is 10.3 Å². The maximum Gasteiger partial charge on any atom is 0.129 e. The maximum absolute atomic E-state index is 4.55. The summed E-state index contributed by atoms with van der Waals surface area (Å²) >= 11 is 0. The molecule has 3 nitrogen and oxygen atoms in total. The molecule has 1 aliphatic carbocycles. The molecule has 0 bridgehead atoms. The lowest BCUT2D eigenvalue weighted by atomic mass is 10.2. The zero-order valence-corrected chi connectivity index (χ0v) is 12.6. The number of nitrogens with one attached hydrogen (secondary N) is 1. The van der Waals surface area contributed by atoms with Crippen LogP contribution in [0.2, 0.25) is 0 Å². The zero-order chi connectivity index (χ0) is 14.5. The average molecular weight is 281 g/mol. The highest BCUT2D eigenvalue weighted by atomic mass is 15.2. The average Bonchev–Trinajstić information content (AvgIpc) is 3.36. The largest absolute Gasteiger partial charge is 0.353 e. The lowest BCUT2D eigenvalue weighted by molar-refractivity contribution is 0.686. The highest BCUT2D eigenvalue weighted by molar-refractivity contribution is 5.42. The smallest absolute Gasteiger partial charge is 0.129 e. The molecule has 0 saturated heterocycles. The van der Waals surface area contributed by atoms with Crippen LogP contribution in [0.15, 0.2) is 48.7 Å². The Morgan fingerprint density at radius 1 is 1.14 bits per heavy atom. The van der Waals surface area contributed by atoms with E-state index in [4.69, 9.17) is 0 Å². The quantitative estimate of drug-likeness (QED) is 0.843. The molecule has 1 aromatic heterocycles. The van der Waals surface area contributed by atoms with Crippen molar-refractivity contribution in [3.05, 3.63) is 59.8 Å². The number of nitrogens with zero attached hydrogens (tertiary/aromatic N) is 2. The summed E-state index contributed by atoms with van der Waals surface area (Å²) in [5, 5.41) is 3.56. The lowest BCUT2D eigenvalue weighted by Gasteiger charge is -2.22. The summed E-state index contributed by atoms with van der Waals surface area (Å²) in [6.07, 6.45) is 4.58.